The van der Waals surface area contributed by atoms with Gasteiger partial charge >= 0.3 is 155 Å². The number of hydrogen-bond donors (Lipinski definition) is 0. The van der Waals surface area contributed by atoms with Crippen molar-refractivity contribution >= 4 is 115 Å². The summed E-state index contributed by atoms with van der Waals surface area (Å²) in [5, 5.41) is 4.13. The van der Waals surface area contributed by atoms with Gasteiger partial charge in [0, 0.05) is 0 Å². The van der Waals surface area contributed by atoms with Gasteiger partial charge in [-0.3, -0.25) is 0 Å². The van der Waals surface area contributed by atoms with Crippen molar-refractivity contribution in [3.8, 4) is 0 Å². The standard InChI is InChI=1S/C12H6N.CH2.5Al/c1-3-7-11(8-4-1)13-12-9-5-2-6-10-12;;;;;;/h3,5,7-10H;1H2;;;;;/q-1;;;;;;+1. The van der Waals surface area contributed by atoms with Gasteiger partial charge in [0.05, 0.1) is 0 Å². The van der Waals surface area contributed by atoms with Crippen molar-refractivity contribution in [2.45, 2.75) is 0 Å². The van der Waals surface area contributed by atoms with E-state index in [1.54, 1.807) is 0 Å². The molecule has 80 valence electrons. The number of hydrogen-bond acceptors (Lipinski definition) is 1. The molecule has 6 heteroatoms. The third kappa shape index (κ3) is 3.91. The molecule has 0 bridgehead atoms. The van der Waals surface area contributed by atoms with Crippen molar-refractivity contribution in [1.82, 2.24) is 0 Å². The molecule has 8 radical (unpaired) electrons. The summed E-state index contributed by atoms with van der Waals surface area (Å²) >= 11 is 11.0. The second-order valence-electron chi connectivity index (χ2n) is 4.18. The van der Waals surface area contributed by atoms with Crippen molar-refractivity contribution in [3.63, 3.8) is 0 Å². The van der Waals surface area contributed by atoms with E-state index in [9.17, 15) is 0 Å². The Morgan fingerprint density at radius 3 is 1.47 bits per heavy atom. The van der Waals surface area contributed by atoms with Crippen LogP contribution in [-0.4, -0.2) is 85.5 Å². The van der Waals surface area contributed by atoms with Crippen molar-refractivity contribution < 1.29 is 0 Å². The maximum atomic E-state index is 4.13. The van der Waals surface area contributed by atoms with Crippen LogP contribution in [0.15, 0.2) is 36.4 Å². The van der Waals surface area contributed by atoms with E-state index < -0.39 is 0 Å². The summed E-state index contributed by atoms with van der Waals surface area (Å²) in [7, 11) is 0. The van der Waals surface area contributed by atoms with Gasteiger partial charge in [-0.25, -0.2) is 0 Å². The first kappa shape index (κ1) is 16.1. The second kappa shape index (κ2) is 7.16. The van der Waals surface area contributed by atoms with Crippen LogP contribution in [0.5, 0.6) is 0 Å². The molecule has 0 aliphatic carbocycles. The van der Waals surface area contributed by atoms with Crippen LogP contribution < -0.4 is 21.6 Å². The quantitative estimate of drug-likeness (QED) is 0.596. The summed E-state index contributed by atoms with van der Waals surface area (Å²) in [5.74, 6) is 0. The first-order valence-electron chi connectivity index (χ1n) is 5.74. The Morgan fingerprint density at radius 1 is 0.737 bits per heavy atom. The molecule has 0 saturated heterocycles. The van der Waals surface area contributed by atoms with Crippen LogP contribution in [0.2, 0.25) is 0 Å². The minimum absolute atomic E-state index is 0.0663. The molecule has 0 aliphatic rings. The molecule has 0 unspecified atom stereocenters. The van der Waals surface area contributed by atoms with Gasteiger partial charge in [-0.2, -0.15) is 0 Å². The van der Waals surface area contributed by atoms with Crippen molar-refractivity contribution in [3.05, 3.63) is 36.4 Å². The Labute approximate surface area is 153 Å². The SMILES string of the molecule is [CH2]=[Al][N](c1cc[c]([Al])[c]([Al])c1)c1cc[c]([Al])[c]([Al])c1. The number of benzene rings is 2. The van der Waals surface area contributed by atoms with Crippen molar-refractivity contribution in [2.75, 3.05) is 3.88 Å². The molecule has 2 rings (SSSR count). The van der Waals surface area contributed by atoms with E-state index in [2.05, 4.69) is 111 Å². The number of anilines is 2. The summed E-state index contributed by atoms with van der Waals surface area (Å²) in [6.45, 7) is 0. The van der Waals surface area contributed by atoms with Gasteiger partial charge in [0.1, 0.15) is 0 Å². The fraction of sp³-hybridized carbons (Fsp3) is 0. The van der Waals surface area contributed by atoms with Crippen molar-refractivity contribution in [2.24, 2.45) is 0 Å². The molecule has 0 saturated carbocycles. The van der Waals surface area contributed by atoms with Gasteiger partial charge in [-0.15, -0.1) is 0 Å². The summed E-state index contributed by atoms with van der Waals surface area (Å²) in [5.41, 5.74) is 2.39. The van der Waals surface area contributed by atoms with Crippen LogP contribution in [0, 0.1) is 0 Å². The average molecular weight is 313 g/mol. The van der Waals surface area contributed by atoms with E-state index in [4.69, 9.17) is 0 Å². The zero-order valence-corrected chi connectivity index (χ0v) is 16.3. The molecule has 0 aromatic heterocycles. The Balaban J connectivity index is 2.46. The molecule has 0 heterocycles. The summed E-state index contributed by atoms with van der Waals surface area (Å²) in [6, 6.07) is 12.9. The Morgan fingerprint density at radius 2 is 1.16 bits per heavy atom. The molecule has 0 N–H and O–H groups in total. The van der Waals surface area contributed by atoms with Crippen LogP contribution in [-0.2, 0) is 0 Å². The minimum atomic E-state index is -0.0663. The summed E-state index contributed by atoms with van der Waals surface area (Å²) < 4.78 is 7.11. The van der Waals surface area contributed by atoms with Crippen LogP contribution in [0.25, 0.3) is 0 Å². The van der Waals surface area contributed by atoms with E-state index in [1.807, 2.05) is 0 Å². The fourth-order valence-electron chi connectivity index (χ4n) is 1.78. The first-order valence-corrected chi connectivity index (χ1v) is 9.39. The number of nitrogens with zero attached hydrogens (tertiary/aromatic N) is 1. The molecule has 0 amide bonds. The van der Waals surface area contributed by atoms with E-state index in [0.717, 1.165) is 0 Å². The molecule has 2 aromatic rings. The van der Waals surface area contributed by atoms with Gasteiger partial charge in [0.15, 0.2) is 0 Å². The number of rotatable bonds is 3. The Hall–Kier alpha value is 0.772. The molecule has 0 atom stereocenters. The van der Waals surface area contributed by atoms with Gasteiger partial charge in [0.25, 0.3) is 0 Å². The fourth-order valence-corrected chi connectivity index (χ4v) is 3.42. The molecule has 19 heavy (non-hydrogen) atoms. The molecule has 1 nitrogen and oxygen atoms in total. The Bertz CT molecular complexity index is 575. The van der Waals surface area contributed by atoms with Gasteiger partial charge in [0.2, 0.25) is 0 Å². The molecule has 0 aliphatic heterocycles. The van der Waals surface area contributed by atoms with Crippen LogP contribution in [0.3, 0.4) is 0 Å². The topological polar surface area (TPSA) is 3.24 Å². The van der Waals surface area contributed by atoms with Crippen LogP contribution in [0.1, 0.15) is 0 Å². The average Bonchev–Trinajstić information content (AvgIpc) is 2.39. The third-order valence-corrected chi connectivity index (χ3v) is 6.56. The summed E-state index contributed by atoms with van der Waals surface area (Å²) in [4.78, 5) is 0. The van der Waals surface area contributed by atoms with E-state index in [0.29, 0.717) is 0 Å². The summed E-state index contributed by atoms with van der Waals surface area (Å²) in [6.07, 6.45) is 0. The molecular weight excluding hydrogens is 305 g/mol. The maximum absolute atomic E-state index is 4.13. The third-order valence-electron chi connectivity index (χ3n) is 2.88. The molecular formula is C13H8Al5N. The van der Waals surface area contributed by atoms with Gasteiger partial charge in [-0.05, 0) is 0 Å². The predicted molar refractivity (Wildman–Crippen MR) is 89.5 cm³/mol. The van der Waals surface area contributed by atoms with Gasteiger partial charge in [-0.1, -0.05) is 0 Å². The van der Waals surface area contributed by atoms with E-state index >= 15 is 0 Å². The predicted octanol–water partition coefficient (Wildman–Crippen LogP) is -1.95. The zero-order valence-electron chi connectivity index (χ0n) is 10.5. The monoisotopic (exact) mass is 313 g/mol. The van der Waals surface area contributed by atoms with Gasteiger partial charge < -0.3 is 0 Å². The van der Waals surface area contributed by atoms with E-state index in [-0.39, 0.29) is 15.0 Å². The Kier molecular flexibility index (Phi) is 6.09. The van der Waals surface area contributed by atoms with Crippen molar-refractivity contribution in [1.29, 1.82) is 0 Å². The molecule has 0 spiro atoms. The molecule has 0 fully saturated rings. The second-order valence-corrected chi connectivity index (χ2v) is 7.55. The molecule has 2 aromatic carbocycles. The first-order chi connectivity index (χ1) is 9.02. The van der Waals surface area contributed by atoms with E-state index in [1.165, 1.54) is 29.1 Å². The zero-order chi connectivity index (χ0) is 14.0. The van der Waals surface area contributed by atoms with Crippen LogP contribution in [0.4, 0.5) is 11.4 Å². The van der Waals surface area contributed by atoms with Crippen LogP contribution >= 0.6 is 0 Å². The normalized spacial score (nSPS) is 9.89.